The molecule has 1 unspecified atom stereocenters. The molecule has 0 aliphatic carbocycles. The van der Waals surface area contributed by atoms with Crippen LogP contribution in [0.25, 0.3) is 16.9 Å². The third-order valence-corrected chi connectivity index (χ3v) is 3.12. The average Bonchev–Trinajstić information content (AvgIpc) is 3.13. The summed E-state index contributed by atoms with van der Waals surface area (Å²) in [6, 6.07) is -3.87. The normalized spacial score (nSPS) is 19.7. The topological polar surface area (TPSA) is 37.6 Å². The number of aromatic nitrogens is 2. The zero-order chi connectivity index (χ0) is 26.0. The molecule has 23 heavy (non-hydrogen) atoms. The van der Waals surface area contributed by atoms with Gasteiger partial charge in [0.15, 0.2) is 0 Å². The van der Waals surface area contributed by atoms with Gasteiger partial charge in [-0.25, -0.2) is 4.98 Å². The van der Waals surface area contributed by atoms with Crippen LogP contribution < -0.4 is 0 Å². The van der Waals surface area contributed by atoms with E-state index in [1.54, 1.807) is 0 Å². The fourth-order valence-electron chi connectivity index (χ4n) is 1.97. The van der Waals surface area contributed by atoms with Crippen molar-refractivity contribution in [2.45, 2.75) is 20.2 Å². The van der Waals surface area contributed by atoms with Gasteiger partial charge < -0.3 is 9.30 Å². The molecule has 3 aromatic rings. The molecule has 0 spiro atoms. The number of pyridine rings is 1. The average molecular weight is 318 g/mol. The SMILES string of the molecule is [2H]c1c([2H])c(C([2H])([2H])[2H])c([2H])c([2H])c1-c1nc2c([2H])c([2H])c(C)c([2H])n2c1C([2H])C(=O)N(C)C. The number of fused-ring (bicyclic) bond motifs is 1. The predicted octanol–water partition coefficient (Wildman–Crippen LogP) is 3.25. The first kappa shape index (κ1) is 6.87. The number of nitrogens with zero attached hydrogens (tertiary/aromatic N) is 3. The Kier molecular flexibility index (Phi) is 1.76. The second kappa shape index (κ2) is 5.88. The molecule has 0 aliphatic heterocycles. The molecule has 2 heterocycles. The Hall–Kier alpha value is -2.62. The van der Waals surface area contributed by atoms with E-state index >= 15 is 0 Å². The molecule has 0 aliphatic rings. The highest BCUT2D eigenvalue weighted by Crippen LogP contribution is 2.26. The first-order valence-electron chi connectivity index (χ1n) is 12.3. The number of carbonyl (C=O) groups is 1. The van der Waals surface area contributed by atoms with Gasteiger partial charge >= 0.3 is 0 Å². The summed E-state index contributed by atoms with van der Waals surface area (Å²) >= 11 is 0. The molecule has 118 valence electrons. The van der Waals surface area contributed by atoms with Crippen molar-refractivity contribution in [3.63, 3.8) is 0 Å². The van der Waals surface area contributed by atoms with E-state index in [9.17, 15) is 4.79 Å². The van der Waals surface area contributed by atoms with Crippen LogP contribution in [0.5, 0.6) is 0 Å². The second-order valence-electron chi connectivity index (χ2n) is 5.12. The highest BCUT2D eigenvalue weighted by Gasteiger charge is 2.18. The van der Waals surface area contributed by atoms with Gasteiger partial charge in [-0.15, -0.1) is 0 Å². The minimum atomic E-state index is -2.93. The molecule has 0 radical (unpaired) electrons. The van der Waals surface area contributed by atoms with Crippen LogP contribution in [0.3, 0.4) is 0 Å². The number of hydrogen-bond acceptors (Lipinski definition) is 2. The third kappa shape index (κ3) is 2.97. The molecule has 3 rings (SSSR count). The number of hydrogen-bond donors (Lipinski definition) is 0. The van der Waals surface area contributed by atoms with Crippen molar-refractivity contribution in [2.75, 3.05) is 14.1 Å². The Balaban J connectivity index is 2.58. The lowest BCUT2D eigenvalue weighted by molar-refractivity contribution is -0.128. The monoisotopic (exact) mass is 318 g/mol. The molecule has 2 aromatic heterocycles. The summed E-state index contributed by atoms with van der Waals surface area (Å²) in [5, 5.41) is 0. The summed E-state index contributed by atoms with van der Waals surface area (Å²) in [5.74, 6) is -0.740. The third-order valence-electron chi connectivity index (χ3n) is 3.12. The van der Waals surface area contributed by atoms with Crippen molar-refractivity contribution in [1.29, 1.82) is 0 Å². The smallest absolute Gasteiger partial charge is 0.228 e. The van der Waals surface area contributed by atoms with Gasteiger partial charge in [0.2, 0.25) is 5.91 Å². The summed E-state index contributed by atoms with van der Waals surface area (Å²) in [6.45, 7) is -1.52. The zero-order valence-electron chi connectivity index (χ0n) is 23.8. The summed E-state index contributed by atoms with van der Waals surface area (Å²) in [7, 11) is 2.80. The van der Waals surface area contributed by atoms with Crippen molar-refractivity contribution >= 4 is 11.6 Å². The molecule has 0 saturated heterocycles. The van der Waals surface area contributed by atoms with E-state index in [4.69, 9.17) is 15.1 Å². The quantitative estimate of drug-likeness (QED) is 0.743. The summed E-state index contributed by atoms with van der Waals surface area (Å²) in [6.07, 6.45) is -2.06. The van der Waals surface area contributed by atoms with Gasteiger partial charge in [-0.2, -0.15) is 0 Å². The molecule has 1 atom stereocenters. The Morgan fingerprint density at radius 3 is 2.61 bits per heavy atom. The molecule has 0 saturated carbocycles. The Labute approximate surface area is 151 Å². The van der Waals surface area contributed by atoms with E-state index in [0.717, 1.165) is 9.30 Å². The van der Waals surface area contributed by atoms with E-state index in [0.29, 0.717) is 0 Å². The summed E-state index contributed by atoms with van der Waals surface area (Å²) < 4.78 is 90.4. The van der Waals surface area contributed by atoms with Crippen molar-refractivity contribution in [1.82, 2.24) is 14.3 Å². The molecular formula is C19H21N3O. The van der Waals surface area contributed by atoms with Gasteiger partial charge in [-0.3, -0.25) is 4.79 Å². The molecule has 0 N–H and O–H groups in total. The summed E-state index contributed by atoms with van der Waals surface area (Å²) in [5.41, 5.74) is -2.09. The lowest BCUT2D eigenvalue weighted by Crippen LogP contribution is -2.24. The first-order chi connectivity index (χ1) is 15.5. The number of rotatable bonds is 3. The lowest BCUT2D eigenvalue weighted by Gasteiger charge is -2.11. The van der Waals surface area contributed by atoms with Gasteiger partial charge in [0, 0.05) is 31.3 Å². The number of carbonyl (C=O) groups excluding carboxylic acids is 1. The predicted molar refractivity (Wildman–Crippen MR) is 92.5 cm³/mol. The van der Waals surface area contributed by atoms with Gasteiger partial charge in [0.25, 0.3) is 0 Å². The van der Waals surface area contributed by atoms with Gasteiger partial charge in [0.1, 0.15) is 5.65 Å². The molecular weight excluding hydrogens is 286 g/mol. The van der Waals surface area contributed by atoms with E-state index in [-0.39, 0.29) is 34.8 Å². The first-order valence-corrected chi connectivity index (χ1v) is 6.77. The Morgan fingerprint density at radius 1 is 1.26 bits per heavy atom. The Bertz CT molecular complexity index is 1320. The molecule has 4 heteroatoms. The fourth-order valence-corrected chi connectivity index (χ4v) is 1.97. The number of amides is 1. The highest BCUT2D eigenvalue weighted by molar-refractivity contribution is 5.81. The zero-order valence-corrected chi connectivity index (χ0v) is 12.8. The van der Waals surface area contributed by atoms with Crippen LogP contribution in [-0.2, 0) is 11.2 Å². The Morgan fingerprint density at radius 2 is 1.96 bits per heavy atom. The molecule has 0 bridgehead atoms. The van der Waals surface area contributed by atoms with Gasteiger partial charge in [-0.1, -0.05) is 35.8 Å². The van der Waals surface area contributed by atoms with Crippen LogP contribution in [-0.4, -0.2) is 34.3 Å². The minimum absolute atomic E-state index is 0.0736. The number of likely N-dealkylation sites (N-methyl/N-ethyl adjacent to an activating group) is 1. The van der Waals surface area contributed by atoms with Gasteiger partial charge in [0.05, 0.1) is 27.4 Å². The molecule has 4 nitrogen and oxygen atoms in total. The minimum Gasteiger partial charge on any atom is -0.348 e. The molecule has 1 amide bonds. The van der Waals surface area contributed by atoms with Crippen molar-refractivity contribution in [3.8, 4) is 11.3 Å². The fraction of sp³-hybridized carbons (Fsp3) is 0.263. The largest absolute Gasteiger partial charge is 0.348 e. The van der Waals surface area contributed by atoms with Gasteiger partial charge in [-0.05, 0) is 25.4 Å². The maximum Gasteiger partial charge on any atom is 0.228 e. The van der Waals surface area contributed by atoms with Crippen molar-refractivity contribution in [3.05, 3.63) is 59.2 Å². The van der Waals surface area contributed by atoms with Crippen LogP contribution >= 0.6 is 0 Å². The maximum atomic E-state index is 12.7. The van der Waals surface area contributed by atoms with Crippen LogP contribution in [0.15, 0.2) is 42.4 Å². The van der Waals surface area contributed by atoms with Crippen LogP contribution in [0.1, 0.15) is 31.9 Å². The number of benzene rings is 1. The van der Waals surface area contributed by atoms with Crippen LogP contribution in [0.2, 0.25) is 0 Å². The van der Waals surface area contributed by atoms with E-state index in [1.807, 2.05) is 0 Å². The van der Waals surface area contributed by atoms with Crippen molar-refractivity contribution < 1.29 is 19.9 Å². The van der Waals surface area contributed by atoms with E-state index in [1.165, 1.54) is 21.0 Å². The van der Waals surface area contributed by atoms with E-state index < -0.39 is 60.5 Å². The second-order valence-corrected chi connectivity index (χ2v) is 5.12. The summed E-state index contributed by atoms with van der Waals surface area (Å²) in [4.78, 5) is 18.0. The van der Waals surface area contributed by atoms with Crippen LogP contribution in [0, 0.1) is 13.8 Å². The van der Waals surface area contributed by atoms with Crippen molar-refractivity contribution in [2.24, 2.45) is 0 Å². The standard InChI is InChI=1S/C19H21N3O/c1-13-5-8-15(9-6-13)19-16(11-18(23)21(3)4)22-12-14(2)7-10-17(22)20-19/h5-10,12H,11H2,1-4H3/i1D3,5D,6D,7D,8D,9D,10D,11D,12D. The lowest BCUT2D eigenvalue weighted by atomic mass is 10.1. The van der Waals surface area contributed by atoms with Crippen LogP contribution in [0.4, 0.5) is 0 Å². The van der Waals surface area contributed by atoms with E-state index in [2.05, 4.69) is 4.98 Å². The highest BCUT2D eigenvalue weighted by atomic mass is 16.2. The number of imidazole rings is 1. The molecule has 0 fully saturated rings. The molecule has 1 aromatic carbocycles. The maximum absolute atomic E-state index is 12.7.